The normalized spacial score (nSPS) is 16.5. The van der Waals surface area contributed by atoms with Gasteiger partial charge in [0.05, 0.1) is 0 Å². The summed E-state index contributed by atoms with van der Waals surface area (Å²) >= 11 is 0. The lowest BCUT2D eigenvalue weighted by molar-refractivity contribution is -0.123. The van der Waals surface area contributed by atoms with Crippen LogP contribution in [0, 0.1) is 5.82 Å². The molecule has 0 radical (unpaired) electrons. The molecule has 0 aromatic heterocycles. The molecule has 2 aromatic carbocycles. The third-order valence-electron chi connectivity index (χ3n) is 5.93. The van der Waals surface area contributed by atoms with E-state index in [1.165, 1.54) is 24.6 Å². The van der Waals surface area contributed by atoms with E-state index in [0.717, 1.165) is 37.6 Å². The van der Waals surface area contributed by atoms with Crippen molar-refractivity contribution in [3.8, 4) is 0 Å². The van der Waals surface area contributed by atoms with Crippen LogP contribution in [0.15, 0.2) is 59.5 Å². The lowest BCUT2D eigenvalue weighted by Crippen LogP contribution is -2.56. The zero-order chi connectivity index (χ0) is 23.2. The van der Waals surface area contributed by atoms with E-state index in [4.69, 9.17) is 0 Å². The van der Waals surface area contributed by atoms with Crippen LogP contribution in [0.25, 0.3) is 0 Å². The fourth-order valence-corrected chi connectivity index (χ4v) is 5.26. The smallest absolute Gasteiger partial charge is 0.244 e. The Kier molecular flexibility index (Phi) is 8.03. The number of rotatable bonds is 9. The molecule has 0 saturated carbocycles. The van der Waals surface area contributed by atoms with Crippen LogP contribution in [-0.4, -0.2) is 50.4 Å². The van der Waals surface area contributed by atoms with Crippen molar-refractivity contribution in [2.24, 2.45) is 0 Å². The Labute approximate surface area is 190 Å². The van der Waals surface area contributed by atoms with Gasteiger partial charge in [0.1, 0.15) is 16.8 Å². The van der Waals surface area contributed by atoms with Crippen LogP contribution in [0.2, 0.25) is 0 Å². The van der Waals surface area contributed by atoms with Crippen LogP contribution in [0.4, 0.5) is 4.39 Å². The van der Waals surface area contributed by atoms with Crippen LogP contribution in [0.5, 0.6) is 0 Å². The maximum absolute atomic E-state index is 14.1. The standard InChI is InChI=1S/C24H32FN3O3S/c1-24(2,28-15-9-4-10-16-28)18-26-23(29)21(17-19-11-5-3-6-12-19)27-32(30,31)22-14-8-7-13-20(22)25/h3,5-8,11-14,21,27H,4,9-10,15-18H2,1-2H3,(H,26,29). The predicted octanol–water partition coefficient (Wildman–Crippen LogP) is 3.10. The van der Waals surface area contributed by atoms with Gasteiger partial charge in [0.15, 0.2) is 0 Å². The van der Waals surface area contributed by atoms with E-state index in [1.54, 1.807) is 0 Å². The minimum atomic E-state index is -4.23. The van der Waals surface area contributed by atoms with Crippen molar-refractivity contribution >= 4 is 15.9 Å². The Morgan fingerprint density at radius 1 is 1.03 bits per heavy atom. The van der Waals surface area contributed by atoms with Gasteiger partial charge in [0, 0.05) is 12.1 Å². The molecule has 32 heavy (non-hydrogen) atoms. The van der Waals surface area contributed by atoms with E-state index in [2.05, 4.69) is 28.8 Å². The first kappa shape index (κ1) is 24.4. The molecule has 8 heteroatoms. The molecular weight excluding hydrogens is 429 g/mol. The van der Waals surface area contributed by atoms with Gasteiger partial charge in [0.2, 0.25) is 15.9 Å². The number of halogens is 1. The highest BCUT2D eigenvalue weighted by molar-refractivity contribution is 7.89. The Morgan fingerprint density at radius 2 is 1.66 bits per heavy atom. The fourth-order valence-electron chi connectivity index (χ4n) is 3.99. The molecule has 0 aliphatic carbocycles. The number of benzene rings is 2. The third kappa shape index (κ3) is 6.37. The van der Waals surface area contributed by atoms with E-state index in [-0.39, 0.29) is 12.0 Å². The van der Waals surface area contributed by atoms with Gasteiger partial charge in [-0.15, -0.1) is 0 Å². The van der Waals surface area contributed by atoms with Gasteiger partial charge in [-0.25, -0.2) is 12.8 Å². The first-order valence-corrected chi connectivity index (χ1v) is 12.5. The van der Waals surface area contributed by atoms with E-state index in [1.807, 2.05) is 30.3 Å². The molecule has 1 atom stereocenters. The van der Waals surface area contributed by atoms with Gasteiger partial charge in [-0.1, -0.05) is 48.9 Å². The average molecular weight is 462 g/mol. The quantitative estimate of drug-likeness (QED) is 0.602. The number of carbonyl (C=O) groups excluding carboxylic acids is 1. The van der Waals surface area contributed by atoms with Crippen LogP contribution < -0.4 is 10.0 Å². The number of amides is 1. The van der Waals surface area contributed by atoms with Crippen LogP contribution in [0.3, 0.4) is 0 Å². The lowest BCUT2D eigenvalue weighted by atomic mass is 9.98. The largest absolute Gasteiger partial charge is 0.353 e. The molecule has 1 unspecified atom stereocenters. The maximum Gasteiger partial charge on any atom is 0.244 e. The topological polar surface area (TPSA) is 78.5 Å². The predicted molar refractivity (Wildman–Crippen MR) is 123 cm³/mol. The molecule has 1 saturated heterocycles. The highest BCUT2D eigenvalue weighted by Crippen LogP contribution is 2.20. The van der Waals surface area contributed by atoms with Crippen LogP contribution >= 0.6 is 0 Å². The number of nitrogens with zero attached hydrogens (tertiary/aromatic N) is 1. The van der Waals surface area contributed by atoms with Crippen LogP contribution in [0.1, 0.15) is 38.7 Å². The summed E-state index contributed by atoms with van der Waals surface area (Å²) in [6.45, 7) is 6.51. The van der Waals surface area contributed by atoms with Crippen LogP contribution in [-0.2, 0) is 21.2 Å². The van der Waals surface area contributed by atoms with E-state index >= 15 is 0 Å². The molecule has 174 valence electrons. The molecule has 1 amide bonds. The zero-order valence-corrected chi connectivity index (χ0v) is 19.5. The molecule has 2 N–H and O–H groups in total. The lowest BCUT2D eigenvalue weighted by Gasteiger charge is -2.41. The summed E-state index contributed by atoms with van der Waals surface area (Å²) in [4.78, 5) is 15.0. The van der Waals surface area contributed by atoms with Gasteiger partial charge in [-0.05, 0) is 63.9 Å². The van der Waals surface area contributed by atoms with Crippen molar-refractivity contribution < 1.29 is 17.6 Å². The van der Waals surface area contributed by atoms with Gasteiger partial charge >= 0.3 is 0 Å². The van der Waals surface area contributed by atoms with Gasteiger partial charge < -0.3 is 5.32 Å². The number of hydrogen-bond donors (Lipinski definition) is 2. The number of piperidine rings is 1. The Hall–Kier alpha value is -2.29. The summed E-state index contributed by atoms with van der Waals surface area (Å²) in [6.07, 6.45) is 3.65. The summed E-state index contributed by atoms with van der Waals surface area (Å²) in [5, 5.41) is 2.93. The second-order valence-corrected chi connectivity index (χ2v) is 10.6. The third-order valence-corrected chi connectivity index (χ3v) is 7.44. The average Bonchev–Trinajstić information content (AvgIpc) is 2.78. The Bertz CT molecular complexity index is 1010. The number of likely N-dealkylation sites (tertiary alicyclic amines) is 1. The Morgan fingerprint density at radius 3 is 2.31 bits per heavy atom. The number of sulfonamides is 1. The number of nitrogens with one attached hydrogen (secondary N) is 2. The highest BCUT2D eigenvalue weighted by atomic mass is 32.2. The Balaban J connectivity index is 1.76. The van der Waals surface area contributed by atoms with Crippen molar-refractivity contribution in [2.45, 2.75) is 56.0 Å². The summed E-state index contributed by atoms with van der Waals surface area (Å²) in [7, 11) is -4.23. The molecule has 1 aliphatic heterocycles. The molecule has 1 heterocycles. The van der Waals surface area contributed by atoms with Gasteiger partial charge in [-0.3, -0.25) is 9.69 Å². The minimum absolute atomic E-state index is 0.157. The second-order valence-electron chi connectivity index (χ2n) is 8.87. The molecule has 2 aromatic rings. The summed E-state index contributed by atoms with van der Waals surface area (Å²) in [6, 6.07) is 13.2. The first-order chi connectivity index (χ1) is 15.2. The molecule has 0 bridgehead atoms. The minimum Gasteiger partial charge on any atom is -0.353 e. The molecule has 3 rings (SSSR count). The van der Waals surface area contributed by atoms with Crippen molar-refractivity contribution in [1.29, 1.82) is 0 Å². The maximum atomic E-state index is 14.1. The first-order valence-electron chi connectivity index (χ1n) is 11.0. The fraction of sp³-hybridized carbons (Fsp3) is 0.458. The SMILES string of the molecule is CC(C)(CNC(=O)C(Cc1ccccc1)NS(=O)(=O)c1ccccc1F)N1CCCCC1. The van der Waals surface area contributed by atoms with Crippen molar-refractivity contribution in [2.75, 3.05) is 19.6 Å². The highest BCUT2D eigenvalue weighted by Gasteiger charge is 2.31. The van der Waals surface area contributed by atoms with E-state index in [0.29, 0.717) is 6.54 Å². The van der Waals surface area contributed by atoms with Crippen molar-refractivity contribution in [3.63, 3.8) is 0 Å². The monoisotopic (exact) mass is 461 g/mol. The van der Waals surface area contributed by atoms with E-state index < -0.39 is 32.7 Å². The zero-order valence-electron chi connectivity index (χ0n) is 18.7. The molecule has 1 aliphatic rings. The van der Waals surface area contributed by atoms with Crippen molar-refractivity contribution in [3.05, 3.63) is 66.0 Å². The summed E-state index contributed by atoms with van der Waals surface area (Å²) in [5.74, 6) is -1.29. The summed E-state index contributed by atoms with van der Waals surface area (Å²) in [5.41, 5.74) is 0.553. The number of hydrogen-bond acceptors (Lipinski definition) is 4. The second kappa shape index (κ2) is 10.6. The molecule has 1 fully saturated rings. The van der Waals surface area contributed by atoms with E-state index in [9.17, 15) is 17.6 Å². The molecular formula is C24H32FN3O3S. The van der Waals surface area contributed by atoms with Crippen molar-refractivity contribution in [1.82, 2.24) is 14.9 Å². The van der Waals surface area contributed by atoms with Gasteiger partial charge in [0.25, 0.3) is 0 Å². The molecule has 0 spiro atoms. The summed E-state index contributed by atoms with van der Waals surface area (Å²) < 4.78 is 42.3. The van der Waals surface area contributed by atoms with Gasteiger partial charge in [-0.2, -0.15) is 4.72 Å². The molecule has 6 nitrogen and oxygen atoms in total. The number of carbonyl (C=O) groups is 1.